The van der Waals surface area contributed by atoms with Gasteiger partial charge in [-0.25, -0.2) is 15.0 Å². The van der Waals surface area contributed by atoms with E-state index in [0.717, 1.165) is 36.3 Å². The maximum atomic E-state index is 12.7. The van der Waals surface area contributed by atoms with Gasteiger partial charge < -0.3 is 4.98 Å². The van der Waals surface area contributed by atoms with E-state index >= 15 is 0 Å². The molecule has 0 fully saturated rings. The van der Waals surface area contributed by atoms with Gasteiger partial charge in [0.25, 0.3) is 5.56 Å². The SMILES string of the molecule is Cc1cccc(-c2ccc(CN3CCc4nc(-c5cncnc5)[nH]c(=O)c4C3)s2)c1. The van der Waals surface area contributed by atoms with Gasteiger partial charge in [0.1, 0.15) is 12.2 Å². The summed E-state index contributed by atoms with van der Waals surface area (Å²) < 4.78 is 0. The molecule has 30 heavy (non-hydrogen) atoms. The van der Waals surface area contributed by atoms with Crippen LogP contribution in [-0.4, -0.2) is 31.4 Å². The number of H-pyrrole nitrogens is 1. The molecule has 0 saturated carbocycles. The second-order valence-corrected chi connectivity index (χ2v) is 8.73. The van der Waals surface area contributed by atoms with Crippen LogP contribution in [0.2, 0.25) is 0 Å². The van der Waals surface area contributed by atoms with Crippen molar-refractivity contribution < 1.29 is 0 Å². The lowest BCUT2D eigenvalue weighted by atomic mass is 10.1. The largest absolute Gasteiger partial charge is 0.306 e. The molecule has 0 saturated heterocycles. The highest BCUT2D eigenvalue weighted by Gasteiger charge is 2.22. The monoisotopic (exact) mass is 415 g/mol. The van der Waals surface area contributed by atoms with E-state index in [0.29, 0.717) is 12.4 Å². The van der Waals surface area contributed by atoms with Crippen LogP contribution < -0.4 is 5.56 Å². The zero-order chi connectivity index (χ0) is 20.5. The van der Waals surface area contributed by atoms with Crippen LogP contribution in [0.1, 0.15) is 21.7 Å². The Bertz CT molecular complexity index is 1250. The first-order chi connectivity index (χ1) is 14.7. The average Bonchev–Trinajstić information content (AvgIpc) is 3.23. The summed E-state index contributed by atoms with van der Waals surface area (Å²) in [6.45, 7) is 4.45. The Balaban J connectivity index is 1.34. The average molecular weight is 416 g/mol. The predicted molar refractivity (Wildman–Crippen MR) is 118 cm³/mol. The standard InChI is InChI=1S/C23H21N5OS/c1-15-3-2-4-16(9-15)21-6-5-18(30-21)12-28-8-7-20-19(13-28)23(29)27-22(26-20)17-10-24-14-25-11-17/h2-6,9-11,14H,7-8,12-13H2,1H3,(H,26,27,29). The van der Waals surface area contributed by atoms with E-state index in [4.69, 9.17) is 0 Å². The fourth-order valence-corrected chi connectivity index (χ4v) is 4.86. The van der Waals surface area contributed by atoms with Crippen molar-refractivity contribution in [3.8, 4) is 21.8 Å². The van der Waals surface area contributed by atoms with E-state index in [1.54, 1.807) is 12.4 Å². The minimum Gasteiger partial charge on any atom is -0.306 e. The third kappa shape index (κ3) is 3.81. The second kappa shape index (κ2) is 7.93. The van der Waals surface area contributed by atoms with E-state index < -0.39 is 0 Å². The zero-order valence-corrected chi connectivity index (χ0v) is 17.4. The Morgan fingerprint density at radius 2 is 2.00 bits per heavy atom. The Hall–Kier alpha value is -3.16. The highest BCUT2D eigenvalue weighted by atomic mass is 32.1. The molecule has 0 unspecified atom stereocenters. The molecule has 0 aliphatic carbocycles. The predicted octanol–water partition coefficient (Wildman–Crippen LogP) is 3.82. The molecular formula is C23H21N5OS. The van der Waals surface area contributed by atoms with Crippen molar-refractivity contribution in [1.82, 2.24) is 24.8 Å². The molecule has 150 valence electrons. The Morgan fingerprint density at radius 1 is 1.13 bits per heavy atom. The van der Waals surface area contributed by atoms with Crippen molar-refractivity contribution in [2.75, 3.05) is 6.54 Å². The van der Waals surface area contributed by atoms with Gasteiger partial charge in [-0.3, -0.25) is 9.69 Å². The highest BCUT2D eigenvalue weighted by molar-refractivity contribution is 7.15. The molecule has 4 aromatic rings. The van der Waals surface area contributed by atoms with Crippen LogP contribution in [0.15, 0.2) is 59.9 Å². The molecule has 0 spiro atoms. The molecule has 0 bridgehead atoms. The number of thiophene rings is 1. The molecule has 1 N–H and O–H groups in total. The molecular weight excluding hydrogens is 394 g/mol. The normalized spacial score (nSPS) is 13.9. The van der Waals surface area contributed by atoms with Crippen LogP contribution in [0.5, 0.6) is 0 Å². The van der Waals surface area contributed by atoms with Crippen molar-refractivity contribution in [1.29, 1.82) is 0 Å². The minimum atomic E-state index is -0.0739. The summed E-state index contributed by atoms with van der Waals surface area (Å²) in [6, 6.07) is 13.0. The number of fused-ring (bicyclic) bond motifs is 1. The van der Waals surface area contributed by atoms with Crippen molar-refractivity contribution in [3.63, 3.8) is 0 Å². The lowest BCUT2D eigenvalue weighted by Crippen LogP contribution is -2.35. The fourth-order valence-electron chi connectivity index (χ4n) is 3.81. The Labute approximate surface area is 178 Å². The summed E-state index contributed by atoms with van der Waals surface area (Å²) in [4.78, 5) is 33.2. The van der Waals surface area contributed by atoms with Gasteiger partial charge in [0.15, 0.2) is 0 Å². The number of nitrogens with one attached hydrogen (secondary N) is 1. The van der Waals surface area contributed by atoms with Gasteiger partial charge in [0, 0.05) is 48.2 Å². The number of rotatable bonds is 4. The van der Waals surface area contributed by atoms with E-state index in [1.807, 2.05) is 11.3 Å². The Kier molecular flexibility index (Phi) is 4.98. The topological polar surface area (TPSA) is 74.8 Å². The smallest absolute Gasteiger partial charge is 0.255 e. The van der Waals surface area contributed by atoms with E-state index in [1.165, 1.54) is 27.2 Å². The number of aryl methyl sites for hydroxylation is 1. The molecule has 1 aliphatic heterocycles. The molecule has 1 aliphatic rings. The third-order valence-electron chi connectivity index (χ3n) is 5.33. The summed E-state index contributed by atoms with van der Waals surface area (Å²) in [5.41, 5.74) is 4.81. The van der Waals surface area contributed by atoms with Crippen molar-refractivity contribution in [2.45, 2.75) is 26.4 Å². The van der Waals surface area contributed by atoms with Crippen molar-refractivity contribution in [2.24, 2.45) is 0 Å². The van der Waals surface area contributed by atoms with Crippen LogP contribution in [0.25, 0.3) is 21.8 Å². The van der Waals surface area contributed by atoms with Crippen LogP contribution in [0, 0.1) is 6.92 Å². The number of benzene rings is 1. The molecule has 0 amide bonds. The van der Waals surface area contributed by atoms with Gasteiger partial charge in [-0.15, -0.1) is 11.3 Å². The number of hydrogen-bond donors (Lipinski definition) is 1. The molecule has 3 aromatic heterocycles. The number of hydrogen-bond acceptors (Lipinski definition) is 6. The van der Waals surface area contributed by atoms with Gasteiger partial charge in [0.05, 0.1) is 16.8 Å². The van der Waals surface area contributed by atoms with Crippen LogP contribution in [0.3, 0.4) is 0 Å². The summed E-state index contributed by atoms with van der Waals surface area (Å²) in [6.07, 6.45) is 5.55. The summed E-state index contributed by atoms with van der Waals surface area (Å²) in [5, 5.41) is 0. The maximum Gasteiger partial charge on any atom is 0.255 e. The van der Waals surface area contributed by atoms with Crippen LogP contribution in [-0.2, 0) is 19.5 Å². The third-order valence-corrected chi connectivity index (χ3v) is 6.44. The lowest BCUT2D eigenvalue weighted by molar-refractivity contribution is 0.244. The summed E-state index contributed by atoms with van der Waals surface area (Å²) in [5.74, 6) is 0.536. The number of aromatic amines is 1. The molecule has 6 nitrogen and oxygen atoms in total. The zero-order valence-electron chi connectivity index (χ0n) is 16.6. The summed E-state index contributed by atoms with van der Waals surface area (Å²) >= 11 is 1.82. The van der Waals surface area contributed by atoms with E-state index in [2.05, 4.69) is 68.2 Å². The highest BCUT2D eigenvalue weighted by Crippen LogP contribution is 2.30. The van der Waals surface area contributed by atoms with Gasteiger partial charge >= 0.3 is 0 Å². The minimum absolute atomic E-state index is 0.0739. The van der Waals surface area contributed by atoms with Crippen LogP contribution >= 0.6 is 11.3 Å². The maximum absolute atomic E-state index is 12.7. The first kappa shape index (κ1) is 18.8. The van der Waals surface area contributed by atoms with Gasteiger partial charge in [-0.05, 0) is 24.6 Å². The molecule has 4 heterocycles. The lowest BCUT2D eigenvalue weighted by Gasteiger charge is -2.27. The Morgan fingerprint density at radius 3 is 2.83 bits per heavy atom. The molecule has 0 atom stereocenters. The summed E-state index contributed by atoms with van der Waals surface area (Å²) in [7, 11) is 0. The van der Waals surface area contributed by atoms with Gasteiger partial charge in [-0.2, -0.15) is 0 Å². The molecule has 5 rings (SSSR count). The first-order valence-electron chi connectivity index (χ1n) is 9.91. The number of nitrogens with zero attached hydrogens (tertiary/aromatic N) is 4. The van der Waals surface area contributed by atoms with Gasteiger partial charge in [-0.1, -0.05) is 29.8 Å². The van der Waals surface area contributed by atoms with E-state index in [9.17, 15) is 4.79 Å². The van der Waals surface area contributed by atoms with Crippen molar-refractivity contribution >= 4 is 11.3 Å². The molecule has 1 aromatic carbocycles. The van der Waals surface area contributed by atoms with Crippen molar-refractivity contribution in [3.05, 3.63) is 87.2 Å². The molecule has 7 heteroatoms. The van der Waals surface area contributed by atoms with Crippen LogP contribution in [0.4, 0.5) is 0 Å². The fraction of sp³-hybridized carbons (Fsp3) is 0.217. The molecule has 0 radical (unpaired) electrons. The quantitative estimate of drug-likeness (QED) is 0.548. The number of aromatic nitrogens is 4. The van der Waals surface area contributed by atoms with E-state index in [-0.39, 0.29) is 5.56 Å². The first-order valence-corrected chi connectivity index (χ1v) is 10.7. The second-order valence-electron chi connectivity index (χ2n) is 7.56. The van der Waals surface area contributed by atoms with Gasteiger partial charge in [0.2, 0.25) is 0 Å².